The molecule has 2 rings (SSSR count). The van der Waals surface area contributed by atoms with Gasteiger partial charge < -0.3 is 0 Å². The summed E-state index contributed by atoms with van der Waals surface area (Å²) < 4.78 is 0. The molecule has 0 atom stereocenters. The van der Waals surface area contributed by atoms with Gasteiger partial charge in [0, 0.05) is 25.8 Å². The van der Waals surface area contributed by atoms with E-state index in [2.05, 4.69) is 50.2 Å². The van der Waals surface area contributed by atoms with Crippen LogP contribution in [0.2, 0.25) is 0 Å². The maximum atomic E-state index is 2.28. The van der Waals surface area contributed by atoms with Gasteiger partial charge in [-0.1, -0.05) is 19.9 Å². The second-order valence-electron chi connectivity index (χ2n) is 3.57. The summed E-state index contributed by atoms with van der Waals surface area (Å²) in [6, 6.07) is 13.1. The predicted octanol–water partition coefficient (Wildman–Crippen LogP) is 3.68. The zero-order valence-corrected chi connectivity index (χ0v) is 11.6. The third kappa shape index (κ3) is 2.14. The van der Waals surface area contributed by atoms with Crippen LogP contribution in [0, 0.1) is 0 Å². The van der Waals surface area contributed by atoms with Crippen molar-refractivity contribution in [3.63, 3.8) is 0 Å². The summed E-state index contributed by atoms with van der Waals surface area (Å²) in [5.41, 5.74) is 1.44. The molecule has 2 aromatic rings. The molecule has 0 fully saturated rings. The third-order valence-corrected chi connectivity index (χ3v) is 2.31. The smallest absolute Gasteiger partial charge is 0 e. The first-order valence-corrected chi connectivity index (χ1v) is 4.43. The molecular formula is C12H13Hf-. The van der Waals surface area contributed by atoms with Crippen LogP contribution in [0.3, 0.4) is 0 Å². The van der Waals surface area contributed by atoms with Gasteiger partial charge in [-0.2, -0.15) is 6.07 Å². The van der Waals surface area contributed by atoms with Gasteiger partial charge in [-0.3, -0.25) is 0 Å². The maximum Gasteiger partial charge on any atom is 0 e. The van der Waals surface area contributed by atoms with Crippen molar-refractivity contribution in [2.45, 2.75) is 19.8 Å². The number of hydrogen-bond acceptors (Lipinski definition) is 0. The number of rotatable bonds is 1. The fourth-order valence-corrected chi connectivity index (χ4v) is 1.51. The molecule has 0 radical (unpaired) electrons. The minimum absolute atomic E-state index is 0. The molecule has 13 heavy (non-hydrogen) atoms. The van der Waals surface area contributed by atoms with E-state index in [1.54, 1.807) is 0 Å². The Balaban J connectivity index is 0.000000845. The fraction of sp³-hybridized carbons (Fsp3) is 0.250. The van der Waals surface area contributed by atoms with E-state index in [1.165, 1.54) is 16.3 Å². The molecule has 0 saturated carbocycles. The van der Waals surface area contributed by atoms with E-state index in [1.807, 2.05) is 0 Å². The summed E-state index contributed by atoms with van der Waals surface area (Å²) in [7, 11) is 0. The molecule has 0 unspecified atom stereocenters. The van der Waals surface area contributed by atoms with Crippen molar-refractivity contribution in [1.29, 1.82) is 0 Å². The van der Waals surface area contributed by atoms with Crippen LogP contribution in [-0.4, -0.2) is 0 Å². The van der Waals surface area contributed by atoms with E-state index < -0.39 is 0 Å². The van der Waals surface area contributed by atoms with Crippen molar-refractivity contribution in [2.24, 2.45) is 0 Å². The van der Waals surface area contributed by atoms with Crippen LogP contribution in [0.4, 0.5) is 0 Å². The molecule has 66 valence electrons. The SMILES string of the molecule is CC(C)c1cc2ccccc2[cH-]1.[Hf]. The van der Waals surface area contributed by atoms with E-state index in [4.69, 9.17) is 0 Å². The minimum Gasteiger partial charge on any atom is -0.165 e. The molecule has 0 aliphatic carbocycles. The molecule has 2 aromatic carbocycles. The largest absolute Gasteiger partial charge is 0.165 e. The van der Waals surface area contributed by atoms with Gasteiger partial charge in [0.1, 0.15) is 0 Å². The average molecular weight is 336 g/mol. The molecule has 0 nitrogen and oxygen atoms in total. The molecule has 0 bridgehead atoms. The number of fused-ring (bicyclic) bond motifs is 1. The van der Waals surface area contributed by atoms with Gasteiger partial charge in [0.25, 0.3) is 0 Å². The molecule has 0 aliphatic rings. The van der Waals surface area contributed by atoms with E-state index >= 15 is 0 Å². The quantitative estimate of drug-likeness (QED) is 0.551. The van der Waals surface area contributed by atoms with E-state index in [-0.39, 0.29) is 25.8 Å². The zero-order chi connectivity index (χ0) is 8.55. The van der Waals surface area contributed by atoms with Gasteiger partial charge in [0.2, 0.25) is 0 Å². The molecule has 0 aromatic heterocycles. The molecule has 0 aliphatic heterocycles. The summed E-state index contributed by atoms with van der Waals surface area (Å²) in [4.78, 5) is 0. The average Bonchev–Trinajstić information content (AvgIpc) is 2.46. The molecule has 0 N–H and O–H groups in total. The Morgan fingerprint density at radius 1 is 1.15 bits per heavy atom. The normalized spacial score (nSPS) is 10.4. The van der Waals surface area contributed by atoms with Crippen LogP contribution >= 0.6 is 0 Å². The molecule has 1 heteroatoms. The van der Waals surface area contributed by atoms with Crippen LogP contribution in [0.5, 0.6) is 0 Å². The Bertz CT molecular complexity index is 352. The fourth-order valence-electron chi connectivity index (χ4n) is 1.51. The van der Waals surface area contributed by atoms with E-state index in [0.717, 1.165) is 0 Å². The Labute approximate surface area is 98.1 Å². The minimum atomic E-state index is 0. The molecule has 0 spiro atoms. The monoisotopic (exact) mass is 337 g/mol. The molecule has 0 saturated heterocycles. The van der Waals surface area contributed by atoms with Gasteiger partial charge in [0.15, 0.2) is 0 Å². The summed E-state index contributed by atoms with van der Waals surface area (Å²) >= 11 is 0. The standard InChI is InChI=1S/C12H13.Hf/c1-9(2)12-7-10-5-3-4-6-11(10)8-12;/h3-9H,1-2H3;/q-1;. The van der Waals surface area contributed by atoms with Crippen LogP contribution in [0.1, 0.15) is 25.3 Å². The van der Waals surface area contributed by atoms with Crippen molar-refractivity contribution in [3.05, 3.63) is 42.0 Å². The second-order valence-corrected chi connectivity index (χ2v) is 3.57. The third-order valence-electron chi connectivity index (χ3n) is 2.31. The Morgan fingerprint density at radius 3 is 2.46 bits per heavy atom. The Kier molecular flexibility index (Phi) is 3.55. The van der Waals surface area contributed by atoms with Gasteiger partial charge >= 0.3 is 0 Å². The van der Waals surface area contributed by atoms with Gasteiger partial charge in [-0.25, -0.2) is 0 Å². The van der Waals surface area contributed by atoms with Crippen LogP contribution < -0.4 is 0 Å². The molecule has 0 heterocycles. The number of hydrogen-bond donors (Lipinski definition) is 0. The van der Waals surface area contributed by atoms with Crippen LogP contribution in [0.15, 0.2) is 36.4 Å². The zero-order valence-electron chi connectivity index (χ0n) is 8.04. The summed E-state index contributed by atoms with van der Waals surface area (Å²) in [6.07, 6.45) is 0. The van der Waals surface area contributed by atoms with Crippen molar-refractivity contribution in [2.75, 3.05) is 0 Å². The topological polar surface area (TPSA) is 0 Å². The molecular weight excluding hydrogens is 323 g/mol. The number of benzene rings is 1. The first kappa shape index (κ1) is 10.8. The Morgan fingerprint density at radius 2 is 1.85 bits per heavy atom. The van der Waals surface area contributed by atoms with E-state index in [9.17, 15) is 0 Å². The first-order valence-electron chi connectivity index (χ1n) is 4.43. The van der Waals surface area contributed by atoms with E-state index in [0.29, 0.717) is 5.92 Å². The van der Waals surface area contributed by atoms with Gasteiger partial charge in [-0.15, -0.1) is 40.6 Å². The second kappa shape index (κ2) is 4.28. The van der Waals surface area contributed by atoms with Crippen molar-refractivity contribution in [3.8, 4) is 0 Å². The van der Waals surface area contributed by atoms with Gasteiger partial charge in [0.05, 0.1) is 0 Å². The van der Waals surface area contributed by atoms with Crippen molar-refractivity contribution < 1.29 is 25.8 Å². The van der Waals surface area contributed by atoms with Crippen molar-refractivity contribution in [1.82, 2.24) is 0 Å². The van der Waals surface area contributed by atoms with Crippen LogP contribution in [-0.2, 0) is 25.8 Å². The summed E-state index contributed by atoms with van der Waals surface area (Å²) in [5.74, 6) is 0.636. The molecule has 0 amide bonds. The van der Waals surface area contributed by atoms with Crippen LogP contribution in [0.25, 0.3) is 10.8 Å². The van der Waals surface area contributed by atoms with Gasteiger partial charge in [-0.05, 0) is 5.92 Å². The first-order chi connectivity index (χ1) is 5.77. The summed E-state index contributed by atoms with van der Waals surface area (Å²) in [6.45, 7) is 4.46. The summed E-state index contributed by atoms with van der Waals surface area (Å²) in [5, 5.41) is 2.72. The Hall–Kier alpha value is -0.300. The van der Waals surface area contributed by atoms with Crippen molar-refractivity contribution >= 4 is 10.8 Å². The predicted molar refractivity (Wildman–Crippen MR) is 53.6 cm³/mol. The maximum absolute atomic E-state index is 2.28.